The molecule has 0 radical (unpaired) electrons. The quantitative estimate of drug-likeness (QED) is 0.460. The maximum absolute atomic E-state index is 12.4. The van der Waals surface area contributed by atoms with Gasteiger partial charge in [-0.3, -0.25) is 14.3 Å². The van der Waals surface area contributed by atoms with E-state index in [-0.39, 0.29) is 29.8 Å². The molecule has 9 nitrogen and oxygen atoms in total. The second-order valence-electron chi connectivity index (χ2n) is 7.59. The second kappa shape index (κ2) is 10.7. The largest absolute Gasteiger partial charge is 0.497 e. The maximum atomic E-state index is 12.4. The Balaban J connectivity index is 2.04. The number of nitrogens with two attached hydrogens (primary N) is 1. The van der Waals surface area contributed by atoms with E-state index in [0.29, 0.717) is 55.1 Å². The second-order valence-corrected chi connectivity index (χ2v) is 7.59. The van der Waals surface area contributed by atoms with Crippen LogP contribution in [0.5, 0.6) is 11.5 Å². The number of carbonyl (C=O) groups excluding carboxylic acids is 2. The number of carbonyl (C=O) groups is 2. The fourth-order valence-corrected chi connectivity index (χ4v) is 3.89. The first kappa shape index (κ1) is 23.9. The van der Waals surface area contributed by atoms with Crippen LogP contribution in [0, 0.1) is 11.8 Å². The van der Waals surface area contributed by atoms with Gasteiger partial charge in [-0.25, -0.2) is 0 Å². The van der Waals surface area contributed by atoms with E-state index in [4.69, 9.17) is 15.2 Å². The molecule has 0 saturated carbocycles. The molecule has 33 heavy (non-hydrogen) atoms. The lowest BCUT2D eigenvalue weighted by Crippen LogP contribution is -2.27. The summed E-state index contributed by atoms with van der Waals surface area (Å²) in [5.74, 6) is 6.35. The highest BCUT2D eigenvalue weighted by atomic mass is 16.5. The topological polar surface area (TPSA) is 120 Å². The molecule has 1 aliphatic rings. The molecule has 0 unspecified atom stereocenters. The number of rotatable bonds is 8. The van der Waals surface area contributed by atoms with Gasteiger partial charge in [-0.05, 0) is 43.4 Å². The van der Waals surface area contributed by atoms with E-state index in [0.717, 1.165) is 0 Å². The van der Waals surface area contributed by atoms with Crippen molar-refractivity contribution in [3.05, 3.63) is 53.4 Å². The summed E-state index contributed by atoms with van der Waals surface area (Å²) >= 11 is 0. The standard InChI is InChI=1S/C24H28N4O5/c1-4-22(30)27-10-9-17(15-27)28-21(6-5-11-29)23(24(25)31)20(26-28)8-7-16-12-18(32-2)14-19(13-16)33-3/h4,12-14,17,29H,1,5-6,9-11,15H2,2-3H3,(H2,25,31)/t17-/m0/s1. The number of primary amides is 1. The first-order valence-electron chi connectivity index (χ1n) is 10.6. The Kier molecular flexibility index (Phi) is 7.74. The van der Waals surface area contributed by atoms with E-state index in [1.807, 2.05) is 0 Å². The molecule has 1 aromatic carbocycles. The lowest BCUT2D eigenvalue weighted by atomic mass is 10.1. The molecular formula is C24H28N4O5. The van der Waals surface area contributed by atoms with Crippen LogP contribution in [0.2, 0.25) is 0 Å². The Morgan fingerprint density at radius 3 is 2.55 bits per heavy atom. The van der Waals surface area contributed by atoms with E-state index < -0.39 is 5.91 Å². The van der Waals surface area contributed by atoms with Gasteiger partial charge >= 0.3 is 0 Å². The number of hydrogen-bond donors (Lipinski definition) is 2. The maximum Gasteiger partial charge on any atom is 0.253 e. The van der Waals surface area contributed by atoms with Crippen LogP contribution in [-0.2, 0) is 11.2 Å². The van der Waals surface area contributed by atoms with E-state index >= 15 is 0 Å². The fourth-order valence-electron chi connectivity index (χ4n) is 3.89. The van der Waals surface area contributed by atoms with Gasteiger partial charge in [0, 0.05) is 31.3 Å². The Hall–Kier alpha value is -3.77. The molecule has 3 rings (SSSR count). The zero-order valence-electron chi connectivity index (χ0n) is 18.8. The highest BCUT2D eigenvalue weighted by Crippen LogP contribution is 2.27. The van der Waals surface area contributed by atoms with Crippen LogP contribution in [0.1, 0.15) is 46.2 Å². The third-order valence-electron chi connectivity index (χ3n) is 5.50. The zero-order valence-corrected chi connectivity index (χ0v) is 18.8. The van der Waals surface area contributed by atoms with E-state index in [9.17, 15) is 14.7 Å². The first-order valence-corrected chi connectivity index (χ1v) is 10.6. The molecule has 174 valence electrons. The minimum atomic E-state index is -0.640. The number of aliphatic hydroxyl groups is 1. The molecule has 1 atom stereocenters. The zero-order chi connectivity index (χ0) is 24.0. The van der Waals surface area contributed by atoms with Crippen molar-refractivity contribution in [1.29, 1.82) is 0 Å². The van der Waals surface area contributed by atoms with E-state index in [1.165, 1.54) is 6.08 Å². The summed E-state index contributed by atoms with van der Waals surface area (Å²) in [5, 5.41) is 14.0. The van der Waals surface area contributed by atoms with Crippen LogP contribution in [-0.4, -0.2) is 65.5 Å². The highest BCUT2D eigenvalue weighted by molar-refractivity contribution is 5.96. The van der Waals surface area contributed by atoms with Gasteiger partial charge in [-0.15, -0.1) is 0 Å². The van der Waals surface area contributed by atoms with Gasteiger partial charge in [0.05, 0.1) is 31.5 Å². The van der Waals surface area contributed by atoms with E-state index in [1.54, 1.807) is 42.0 Å². The number of aromatic nitrogens is 2. The summed E-state index contributed by atoms with van der Waals surface area (Å²) in [7, 11) is 3.10. The average Bonchev–Trinajstić information content (AvgIpc) is 3.45. The number of nitrogens with zero attached hydrogens (tertiary/aromatic N) is 3. The summed E-state index contributed by atoms with van der Waals surface area (Å²) in [6.07, 6.45) is 2.80. The fraction of sp³-hybridized carbons (Fsp3) is 0.375. The molecule has 2 amide bonds. The number of ether oxygens (including phenoxy) is 2. The van der Waals surface area contributed by atoms with Crippen LogP contribution < -0.4 is 15.2 Å². The Labute approximate surface area is 192 Å². The summed E-state index contributed by atoms with van der Waals surface area (Å²) in [6.45, 7) is 4.50. The predicted octanol–water partition coefficient (Wildman–Crippen LogP) is 1.28. The molecule has 2 heterocycles. The summed E-state index contributed by atoms with van der Waals surface area (Å²) in [6, 6.07) is 5.10. The van der Waals surface area contributed by atoms with Gasteiger partial charge in [0.15, 0.2) is 0 Å². The van der Waals surface area contributed by atoms with Crippen molar-refractivity contribution in [2.75, 3.05) is 33.9 Å². The first-order chi connectivity index (χ1) is 15.9. The molecule has 0 spiro atoms. The number of amides is 2. The number of methoxy groups -OCH3 is 2. The molecule has 0 bridgehead atoms. The molecule has 1 aliphatic heterocycles. The van der Waals surface area contributed by atoms with Crippen LogP contribution in [0.25, 0.3) is 0 Å². The van der Waals surface area contributed by atoms with Gasteiger partial charge in [-0.1, -0.05) is 12.5 Å². The molecule has 1 fully saturated rings. The number of likely N-dealkylation sites (tertiary alicyclic amines) is 1. The Bertz CT molecular complexity index is 1090. The van der Waals surface area contributed by atoms with Crippen LogP contribution in [0.4, 0.5) is 0 Å². The molecule has 9 heteroatoms. The molecule has 2 aromatic rings. The summed E-state index contributed by atoms with van der Waals surface area (Å²) in [5.41, 5.74) is 7.44. The molecule has 1 aromatic heterocycles. The lowest BCUT2D eigenvalue weighted by Gasteiger charge is -2.17. The van der Waals surface area contributed by atoms with Crippen molar-refractivity contribution in [2.24, 2.45) is 5.73 Å². The number of benzene rings is 1. The van der Waals surface area contributed by atoms with Crippen molar-refractivity contribution < 1.29 is 24.2 Å². The van der Waals surface area contributed by atoms with Gasteiger partial charge in [0.1, 0.15) is 17.2 Å². The van der Waals surface area contributed by atoms with Gasteiger partial charge in [0.2, 0.25) is 5.91 Å². The SMILES string of the molecule is C=CC(=O)N1CC[C@H](n2nc(C#Cc3cc(OC)cc(OC)c3)c(C(N)=O)c2CCCO)C1. The van der Waals surface area contributed by atoms with Crippen LogP contribution in [0.3, 0.4) is 0 Å². The van der Waals surface area contributed by atoms with Gasteiger partial charge < -0.3 is 25.2 Å². The van der Waals surface area contributed by atoms with Gasteiger partial charge in [0.25, 0.3) is 5.91 Å². The van der Waals surface area contributed by atoms with Gasteiger partial charge in [-0.2, -0.15) is 5.10 Å². The molecule has 0 aliphatic carbocycles. The van der Waals surface area contributed by atoms with Crippen molar-refractivity contribution in [3.8, 4) is 23.3 Å². The lowest BCUT2D eigenvalue weighted by molar-refractivity contribution is -0.125. The van der Waals surface area contributed by atoms with Crippen molar-refractivity contribution >= 4 is 11.8 Å². The van der Waals surface area contributed by atoms with Crippen LogP contribution in [0.15, 0.2) is 30.9 Å². The normalized spacial score (nSPS) is 15.0. The minimum Gasteiger partial charge on any atom is -0.497 e. The smallest absolute Gasteiger partial charge is 0.253 e. The molecule has 3 N–H and O–H groups in total. The Morgan fingerprint density at radius 2 is 1.97 bits per heavy atom. The number of aliphatic hydroxyl groups excluding tert-OH is 1. The van der Waals surface area contributed by atoms with Crippen LogP contribution >= 0.6 is 0 Å². The van der Waals surface area contributed by atoms with Crippen molar-refractivity contribution in [3.63, 3.8) is 0 Å². The third kappa shape index (κ3) is 5.35. The number of hydrogen-bond acceptors (Lipinski definition) is 6. The minimum absolute atomic E-state index is 0.0419. The summed E-state index contributed by atoms with van der Waals surface area (Å²) in [4.78, 5) is 26.1. The third-order valence-corrected chi connectivity index (χ3v) is 5.50. The summed E-state index contributed by atoms with van der Waals surface area (Å²) < 4.78 is 12.3. The molecule has 1 saturated heterocycles. The highest BCUT2D eigenvalue weighted by Gasteiger charge is 2.31. The molecular weight excluding hydrogens is 424 g/mol. The van der Waals surface area contributed by atoms with E-state index in [2.05, 4.69) is 23.5 Å². The van der Waals surface area contributed by atoms with Crippen molar-refractivity contribution in [1.82, 2.24) is 14.7 Å². The average molecular weight is 453 g/mol. The monoisotopic (exact) mass is 452 g/mol. The van der Waals surface area contributed by atoms with Crippen molar-refractivity contribution in [2.45, 2.75) is 25.3 Å². The predicted molar refractivity (Wildman–Crippen MR) is 122 cm³/mol. The Morgan fingerprint density at radius 1 is 1.27 bits per heavy atom.